The summed E-state index contributed by atoms with van der Waals surface area (Å²) in [5.41, 5.74) is 1.37. The number of rotatable bonds is 5. The average molecular weight is 657 g/mol. The van der Waals surface area contributed by atoms with E-state index in [1.807, 2.05) is 42.5 Å². The van der Waals surface area contributed by atoms with Gasteiger partial charge in [0, 0.05) is 38.0 Å². The fourth-order valence-corrected chi connectivity index (χ4v) is 7.84. The maximum atomic E-state index is 14.4. The van der Waals surface area contributed by atoms with E-state index in [0.717, 1.165) is 30.4 Å². The Bertz CT molecular complexity index is 1550. The molecule has 3 heterocycles. The number of carbonyl (C=O) groups is 4. The minimum absolute atomic E-state index is 0.0188. The molecule has 48 heavy (non-hydrogen) atoms. The normalized spacial score (nSPS) is 30.1. The molecule has 3 N–H and O–H groups in total. The van der Waals surface area contributed by atoms with E-state index < -0.39 is 41.2 Å². The Morgan fingerprint density at radius 1 is 1.00 bits per heavy atom. The van der Waals surface area contributed by atoms with Gasteiger partial charge in [0.25, 0.3) is 0 Å². The van der Waals surface area contributed by atoms with Gasteiger partial charge < -0.3 is 25.4 Å². The number of nitrogens with zero attached hydrogens (tertiary/aromatic N) is 2. The first-order valence-electron chi connectivity index (χ1n) is 17.3. The second-order valence-electron chi connectivity index (χ2n) is 14.9. The number of carbonyl (C=O) groups excluding carboxylic acids is 3. The summed E-state index contributed by atoms with van der Waals surface area (Å²) in [7, 11) is 0. The molecule has 2 aromatic carbocycles. The number of hydrogen-bond donors (Lipinski definition) is 3. The molecular formula is C38H48N4O6. The van der Waals surface area contributed by atoms with Crippen molar-refractivity contribution in [3.05, 3.63) is 72.3 Å². The third-order valence-corrected chi connectivity index (χ3v) is 10.3. The lowest BCUT2D eigenvalue weighted by Gasteiger charge is -2.33. The van der Waals surface area contributed by atoms with E-state index in [2.05, 4.69) is 39.8 Å². The summed E-state index contributed by atoms with van der Waals surface area (Å²) >= 11 is 0. The molecule has 4 aliphatic rings. The molecule has 2 saturated heterocycles. The van der Waals surface area contributed by atoms with Crippen molar-refractivity contribution < 1.29 is 29.0 Å². The molecule has 2 aromatic rings. The molecule has 6 rings (SSSR count). The van der Waals surface area contributed by atoms with Crippen LogP contribution in [0.1, 0.15) is 64.9 Å². The van der Waals surface area contributed by atoms with Gasteiger partial charge in [-0.3, -0.25) is 14.5 Å². The predicted molar refractivity (Wildman–Crippen MR) is 182 cm³/mol. The molecule has 0 spiro atoms. The summed E-state index contributed by atoms with van der Waals surface area (Å²) in [6.07, 6.45) is 7.22. The summed E-state index contributed by atoms with van der Waals surface area (Å²) < 4.78 is 5.51. The van der Waals surface area contributed by atoms with Crippen LogP contribution < -0.4 is 10.6 Å². The van der Waals surface area contributed by atoms with Gasteiger partial charge in [0.1, 0.15) is 23.2 Å². The van der Waals surface area contributed by atoms with Crippen LogP contribution in [-0.4, -0.2) is 81.6 Å². The minimum Gasteiger partial charge on any atom is -0.479 e. The molecule has 3 amide bonds. The van der Waals surface area contributed by atoms with Crippen LogP contribution in [0.3, 0.4) is 0 Å². The van der Waals surface area contributed by atoms with Gasteiger partial charge in [0.2, 0.25) is 11.8 Å². The van der Waals surface area contributed by atoms with Gasteiger partial charge in [-0.25, -0.2) is 9.59 Å². The number of hydrogen-bond acceptors (Lipinski definition) is 6. The van der Waals surface area contributed by atoms with Crippen LogP contribution in [-0.2, 0) is 25.7 Å². The molecule has 1 saturated carbocycles. The Hall–Kier alpha value is -4.18. The van der Waals surface area contributed by atoms with E-state index in [0.29, 0.717) is 45.4 Å². The highest BCUT2D eigenvalue weighted by Gasteiger charge is 2.62. The molecule has 0 unspecified atom stereocenters. The van der Waals surface area contributed by atoms with Crippen LogP contribution >= 0.6 is 0 Å². The number of benzene rings is 2. The van der Waals surface area contributed by atoms with Crippen LogP contribution in [0.5, 0.6) is 0 Å². The van der Waals surface area contributed by atoms with Gasteiger partial charge in [-0.05, 0) is 69.1 Å². The SMILES string of the molecule is CC(C)(C)OC(=O)N[C@@H]1CCCCC/C=C\[C@@H]2C[C@@]2(C(=O)O)NC(=O)[C@@H]2[C@H]3CN(Cc4ccccc4-c4ccccc4)C[C@H]3CN2C1=O. The van der Waals surface area contributed by atoms with Crippen molar-refractivity contribution in [3.63, 3.8) is 0 Å². The van der Waals surface area contributed by atoms with E-state index >= 15 is 0 Å². The van der Waals surface area contributed by atoms with Crippen LogP contribution in [0.4, 0.5) is 4.79 Å². The van der Waals surface area contributed by atoms with Crippen LogP contribution in [0.2, 0.25) is 0 Å². The van der Waals surface area contributed by atoms with Crippen LogP contribution in [0.15, 0.2) is 66.7 Å². The second-order valence-corrected chi connectivity index (χ2v) is 14.9. The van der Waals surface area contributed by atoms with Crippen LogP contribution in [0.25, 0.3) is 11.1 Å². The third-order valence-electron chi connectivity index (χ3n) is 10.3. The molecule has 6 atom stereocenters. The number of fused-ring (bicyclic) bond motifs is 4. The lowest BCUT2D eigenvalue weighted by Crippen LogP contribution is -2.58. The Morgan fingerprint density at radius 3 is 2.50 bits per heavy atom. The number of carboxylic acids is 1. The summed E-state index contributed by atoms with van der Waals surface area (Å²) in [5, 5.41) is 16.0. The quantitative estimate of drug-likeness (QED) is 0.387. The van der Waals surface area contributed by atoms with Crippen molar-refractivity contribution in [2.75, 3.05) is 19.6 Å². The molecule has 0 bridgehead atoms. The number of nitrogens with one attached hydrogen (secondary N) is 2. The molecular weight excluding hydrogens is 608 g/mol. The zero-order chi connectivity index (χ0) is 34.1. The molecule has 1 aliphatic carbocycles. The van der Waals surface area contributed by atoms with E-state index in [4.69, 9.17) is 4.74 Å². The summed E-state index contributed by atoms with van der Waals surface area (Å²) in [4.78, 5) is 58.0. The van der Waals surface area contributed by atoms with Gasteiger partial charge in [0.05, 0.1) is 0 Å². The number of carboxylic acid groups (broad SMARTS) is 1. The zero-order valence-electron chi connectivity index (χ0n) is 28.2. The van der Waals surface area contributed by atoms with E-state index in [9.17, 15) is 24.3 Å². The first-order valence-corrected chi connectivity index (χ1v) is 17.3. The number of alkyl carbamates (subject to hydrolysis) is 1. The molecule has 3 aliphatic heterocycles. The fourth-order valence-electron chi connectivity index (χ4n) is 7.84. The van der Waals surface area contributed by atoms with E-state index in [1.165, 1.54) is 5.56 Å². The van der Waals surface area contributed by atoms with Gasteiger partial charge in [-0.15, -0.1) is 0 Å². The number of likely N-dealkylation sites (tertiary alicyclic amines) is 1. The number of aliphatic carboxylic acids is 1. The largest absolute Gasteiger partial charge is 0.479 e. The fraction of sp³-hybridized carbons (Fsp3) is 0.526. The highest BCUT2D eigenvalue weighted by molar-refractivity contribution is 5.96. The van der Waals surface area contributed by atoms with E-state index in [-0.39, 0.29) is 23.7 Å². The number of amides is 3. The number of ether oxygens (including phenoxy) is 1. The zero-order valence-corrected chi connectivity index (χ0v) is 28.2. The molecule has 10 heteroatoms. The van der Waals surface area contributed by atoms with Gasteiger partial charge in [-0.1, -0.05) is 79.6 Å². The molecule has 256 valence electrons. The summed E-state index contributed by atoms with van der Waals surface area (Å²) in [5.74, 6) is -2.27. The van der Waals surface area contributed by atoms with Crippen molar-refractivity contribution in [2.24, 2.45) is 17.8 Å². The molecule has 3 fully saturated rings. The Kier molecular flexibility index (Phi) is 9.65. The van der Waals surface area contributed by atoms with Crippen molar-refractivity contribution in [2.45, 2.75) is 89.1 Å². The Balaban J connectivity index is 1.27. The lowest BCUT2D eigenvalue weighted by atomic mass is 9.93. The van der Waals surface area contributed by atoms with E-state index in [1.54, 1.807) is 25.7 Å². The van der Waals surface area contributed by atoms with Crippen molar-refractivity contribution in [1.29, 1.82) is 0 Å². The maximum Gasteiger partial charge on any atom is 0.408 e. The predicted octanol–water partition coefficient (Wildman–Crippen LogP) is 4.99. The molecule has 0 aromatic heterocycles. The monoisotopic (exact) mass is 656 g/mol. The molecule has 10 nitrogen and oxygen atoms in total. The minimum atomic E-state index is -1.37. The first-order chi connectivity index (χ1) is 22.9. The lowest BCUT2D eigenvalue weighted by molar-refractivity contribution is -0.146. The van der Waals surface area contributed by atoms with Gasteiger partial charge in [0.15, 0.2) is 0 Å². The smallest absolute Gasteiger partial charge is 0.408 e. The third kappa shape index (κ3) is 7.28. The Morgan fingerprint density at radius 2 is 1.75 bits per heavy atom. The highest BCUT2D eigenvalue weighted by atomic mass is 16.6. The summed E-state index contributed by atoms with van der Waals surface area (Å²) in [6.45, 7) is 7.64. The standard InChI is InChI=1S/C38H48N4O6/c1-37(2,3)48-36(47)39-31-19-11-6-4-5-10-17-28-20-38(28,35(45)46)40-33(43)32-30-24-41(22-27(30)23-42(32)34(31)44)21-26-16-12-13-18-29(26)25-14-8-7-9-15-25/h7-10,12-18,27-28,30-32H,4-6,11,19-24H2,1-3H3,(H,39,47)(H,40,43)(H,45,46)/b17-10-/t27-,28+,30-,31+,32-,38+/m0/s1. The van der Waals surface area contributed by atoms with Gasteiger partial charge in [-0.2, -0.15) is 0 Å². The van der Waals surface area contributed by atoms with Crippen LogP contribution in [0, 0.1) is 17.8 Å². The summed E-state index contributed by atoms with van der Waals surface area (Å²) in [6, 6.07) is 16.9. The van der Waals surface area contributed by atoms with Crippen molar-refractivity contribution in [1.82, 2.24) is 20.4 Å². The topological polar surface area (TPSA) is 128 Å². The van der Waals surface area contributed by atoms with Gasteiger partial charge >= 0.3 is 12.1 Å². The Labute approximate surface area is 282 Å². The van der Waals surface area contributed by atoms with Crippen molar-refractivity contribution >= 4 is 23.9 Å². The van der Waals surface area contributed by atoms with Crippen molar-refractivity contribution in [3.8, 4) is 11.1 Å². The second kappa shape index (κ2) is 13.7. The maximum absolute atomic E-state index is 14.4. The highest BCUT2D eigenvalue weighted by Crippen LogP contribution is 2.46. The molecule has 0 radical (unpaired) electrons. The number of allylic oxidation sites excluding steroid dienone is 1. The first kappa shape index (κ1) is 33.7. The average Bonchev–Trinajstić information content (AvgIpc) is 3.41.